The fourth-order valence-corrected chi connectivity index (χ4v) is 2.33. The van der Waals surface area contributed by atoms with Gasteiger partial charge in [-0.05, 0) is 51.8 Å². The van der Waals surface area contributed by atoms with Crippen molar-refractivity contribution in [1.82, 2.24) is 0 Å². The molecule has 110 valence electrons. The van der Waals surface area contributed by atoms with Crippen LogP contribution in [0.1, 0.15) is 15.9 Å². The largest absolute Gasteiger partial charge is 0.465 e. The van der Waals surface area contributed by atoms with Crippen molar-refractivity contribution in [3.8, 4) is 0 Å². The molecule has 6 heteroatoms. The highest BCUT2D eigenvalue weighted by Crippen LogP contribution is 2.26. The van der Waals surface area contributed by atoms with E-state index in [1.165, 1.54) is 19.2 Å². The Morgan fingerprint density at radius 3 is 2.76 bits per heavy atom. The van der Waals surface area contributed by atoms with E-state index in [4.69, 9.17) is 11.6 Å². The third-order valence-corrected chi connectivity index (χ3v) is 3.78. The number of anilines is 1. The van der Waals surface area contributed by atoms with Gasteiger partial charge in [-0.2, -0.15) is 0 Å². The van der Waals surface area contributed by atoms with Crippen molar-refractivity contribution >= 4 is 39.2 Å². The number of ether oxygens (including phenoxy) is 1. The van der Waals surface area contributed by atoms with Crippen LogP contribution in [0.5, 0.6) is 0 Å². The van der Waals surface area contributed by atoms with Crippen LogP contribution in [0.3, 0.4) is 0 Å². The van der Waals surface area contributed by atoms with Crippen molar-refractivity contribution in [2.24, 2.45) is 0 Å². The number of esters is 1. The molecule has 0 aliphatic heterocycles. The lowest BCUT2D eigenvalue weighted by Gasteiger charge is -2.10. The number of benzene rings is 2. The van der Waals surface area contributed by atoms with Gasteiger partial charge in [-0.1, -0.05) is 17.7 Å². The first kappa shape index (κ1) is 15.8. The lowest BCUT2D eigenvalue weighted by Crippen LogP contribution is -2.06. The molecule has 2 aromatic rings. The van der Waals surface area contributed by atoms with Crippen LogP contribution in [-0.2, 0) is 11.3 Å². The highest BCUT2D eigenvalue weighted by molar-refractivity contribution is 9.10. The van der Waals surface area contributed by atoms with E-state index in [2.05, 4.69) is 26.0 Å². The zero-order valence-electron chi connectivity index (χ0n) is 11.1. The number of hydrogen-bond acceptors (Lipinski definition) is 3. The third-order valence-electron chi connectivity index (χ3n) is 2.85. The number of carbonyl (C=O) groups is 1. The summed E-state index contributed by atoms with van der Waals surface area (Å²) in [6, 6.07) is 9.74. The average Bonchev–Trinajstić information content (AvgIpc) is 2.47. The Kier molecular flexibility index (Phi) is 5.20. The molecule has 21 heavy (non-hydrogen) atoms. The van der Waals surface area contributed by atoms with Crippen LogP contribution in [0.2, 0.25) is 5.02 Å². The molecule has 0 saturated carbocycles. The van der Waals surface area contributed by atoms with Gasteiger partial charge in [0.25, 0.3) is 0 Å². The molecule has 0 unspecified atom stereocenters. The number of halogens is 3. The second-order valence-electron chi connectivity index (χ2n) is 4.28. The molecular formula is C15H12BrClFNO2. The van der Waals surface area contributed by atoms with Gasteiger partial charge in [0.1, 0.15) is 5.82 Å². The number of carbonyl (C=O) groups excluding carboxylic acids is 1. The molecule has 0 aliphatic carbocycles. The second-order valence-corrected chi connectivity index (χ2v) is 5.57. The maximum absolute atomic E-state index is 13.8. The molecule has 2 aromatic carbocycles. The molecule has 3 nitrogen and oxygen atoms in total. The summed E-state index contributed by atoms with van der Waals surface area (Å²) in [5.74, 6) is -1.30. The van der Waals surface area contributed by atoms with Crippen LogP contribution in [-0.4, -0.2) is 13.1 Å². The monoisotopic (exact) mass is 371 g/mol. The van der Waals surface area contributed by atoms with Gasteiger partial charge < -0.3 is 10.1 Å². The maximum Gasteiger partial charge on any atom is 0.340 e. The van der Waals surface area contributed by atoms with Gasteiger partial charge in [0.15, 0.2) is 0 Å². The summed E-state index contributed by atoms with van der Waals surface area (Å²) < 4.78 is 19.2. The molecule has 0 saturated heterocycles. The first-order valence-corrected chi connectivity index (χ1v) is 7.24. The quantitative estimate of drug-likeness (QED) is 0.795. The molecule has 0 radical (unpaired) electrons. The fraction of sp³-hybridized carbons (Fsp3) is 0.133. The van der Waals surface area contributed by atoms with E-state index in [0.29, 0.717) is 17.1 Å². The number of nitrogens with one attached hydrogen (secondary N) is 1. The van der Waals surface area contributed by atoms with Crippen molar-refractivity contribution in [2.75, 3.05) is 12.4 Å². The van der Waals surface area contributed by atoms with E-state index in [1.807, 2.05) is 6.07 Å². The van der Waals surface area contributed by atoms with E-state index >= 15 is 0 Å². The Morgan fingerprint density at radius 1 is 1.33 bits per heavy atom. The standard InChI is InChI=1S/C15H12BrClFNO2/c1-21-15(20)11-4-2-9(6-13(11)18)8-19-14-7-10(17)3-5-12(14)16/h2-7,19H,8H2,1H3. The van der Waals surface area contributed by atoms with Crippen molar-refractivity contribution in [2.45, 2.75) is 6.54 Å². The molecule has 0 aromatic heterocycles. The van der Waals surface area contributed by atoms with Crippen molar-refractivity contribution < 1.29 is 13.9 Å². The van der Waals surface area contributed by atoms with Gasteiger partial charge in [-0.25, -0.2) is 9.18 Å². The van der Waals surface area contributed by atoms with Crippen molar-refractivity contribution in [3.63, 3.8) is 0 Å². The molecule has 0 fully saturated rings. The summed E-state index contributed by atoms with van der Waals surface area (Å²) in [6.45, 7) is 0.400. The Hall–Kier alpha value is -1.59. The lowest BCUT2D eigenvalue weighted by molar-refractivity contribution is 0.0595. The summed E-state index contributed by atoms with van der Waals surface area (Å²) in [6.07, 6.45) is 0. The fourth-order valence-electron chi connectivity index (χ4n) is 1.77. The summed E-state index contributed by atoms with van der Waals surface area (Å²) in [5.41, 5.74) is 1.43. The lowest BCUT2D eigenvalue weighted by atomic mass is 10.1. The SMILES string of the molecule is COC(=O)c1ccc(CNc2cc(Cl)ccc2Br)cc1F. The molecule has 0 aliphatic rings. The van der Waals surface area contributed by atoms with Gasteiger partial charge in [0, 0.05) is 16.0 Å². The molecule has 1 N–H and O–H groups in total. The predicted octanol–water partition coefficient (Wildman–Crippen LogP) is 4.64. The topological polar surface area (TPSA) is 38.3 Å². The van der Waals surface area contributed by atoms with Gasteiger partial charge in [0.05, 0.1) is 18.4 Å². The molecule has 0 atom stereocenters. The Bertz CT molecular complexity index is 679. The van der Waals surface area contributed by atoms with Gasteiger partial charge in [-0.15, -0.1) is 0 Å². The Morgan fingerprint density at radius 2 is 2.10 bits per heavy atom. The maximum atomic E-state index is 13.8. The zero-order chi connectivity index (χ0) is 15.4. The Labute approximate surface area is 135 Å². The minimum atomic E-state index is -0.690. The molecular weight excluding hydrogens is 361 g/mol. The molecule has 0 heterocycles. The zero-order valence-corrected chi connectivity index (χ0v) is 13.5. The van der Waals surface area contributed by atoms with E-state index in [9.17, 15) is 9.18 Å². The minimum absolute atomic E-state index is 0.0785. The van der Waals surface area contributed by atoms with Gasteiger partial charge >= 0.3 is 5.97 Å². The first-order chi connectivity index (χ1) is 10.0. The van der Waals surface area contributed by atoms with Crippen molar-refractivity contribution in [3.05, 3.63) is 62.8 Å². The van der Waals surface area contributed by atoms with Gasteiger partial charge in [0.2, 0.25) is 0 Å². The van der Waals surface area contributed by atoms with E-state index in [0.717, 1.165) is 10.2 Å². The van der Waals surface area contributed by atoms with E-state index in [1.54, 1.807) is 18.2 Å². The van der Waals surface area contributed by atoms with E-state index in [-0.39, 0.29) is 5.56 Å². The number of rotatable bonds is 4. The molecule has 0 spiro atoms. The molecule has 0 bridgehead atoms. The predicted molar refractivity (Wildman–Crippen MR) is 84.2 cm³/mol. The van der Waals surface area contributed by atoms with Gasteiger partial charge in [-0.3, -0.25) is 0 Å². The first-order valence-electron chi connectivity index (χ1n) is 6.07. The normalized spacial score (nSPS) is 10.3. The smallest absolute Gasteiger partial charge is 0.340 e. The number of hydrogen-bond donors (Lipinski definition) is 1. The van der Waals surface area contributed by atoms with Crippen LogP contribution >= 0.6 is 27.5 Å². The van der Waals surface area contributed by atoms with Crippen LogP contribution < -0.4 is 5.32 Å². The van der Waals surface area contributed by atoms with Crippen LogP contribution in [0.15, 0.2) is 40.9 Å². The summed E-state index contributed by atoms with van der Waals surface area (Å²) in [7, 11) is 1.22. The second kappa shape index (κ2) is 6.91. The van der Waals surface area contributed by atoms with Crippen LogP contribution in [0, 0.1) is 5.82 Å². The third kappa shape index (κ3) is 3.95. The Balaban J connectivity index is 2.12. The summed E-state index contributed by atoms with van der Waals surface area (Å²) >= 11 is 9.33. The molecule has 0 amide bonds. The minimum Gasteiger partial charge on any atom is -0.465 e. The van der Waals surface area contributed by atoms with Crippen molar-refractivity contribution in [1.29, 1.82) is 0 Å². The highest BCUT2D eigenvalue weighted by atomic mass is 79.9. The average molecular weight is 373 g/mol. The summed E-state index contributed by atoms with van der Waals surface area (Å²) in [4.78, 5) is 11.3. The highest BCUT2D eigenvalue weighted by Gasteiger charge is 2.12. The van der Waals surface area contributed by atoms with Crippen LogP contribution in [0.4, 0.5) is 10.1 Å². The van der Waals surface area contributed by atoms with Crippen LogP contribution in [0.25, 0.3) is 0 Å². The number of methoxy groups -OCH3 is 1. The van der Waals surface area contributed by atoms with E-state index < -0.39 is 11.8 Å². The molecule has 2 rings (SSSR count). The summed E-state index contributed by atoms with van der Waals surface area (Å²) in [5, 5.41) is 3.75.